The SMILES string of the molecule is Cc1[nH]c(=O)c(Cc2ccc(C(F)(F)F)cc2)cc1C#N. The lowest BCUT2D eigenvalue weighted by Gasteiger charge is -2.08. The monoisotopic (exact) mass is 292 g/mol. The summed E-state index contributed by atoms with van der Waals surface area (Å²) in [6.45, 7) is 1.61. The Balaban J connectivity index is 2.31. The van der Waals surface area contributed by atoms with E-state index in [9.17, 15) is 18.0 Å². The number of aromatic nitrogens is 1. The minimum Gasteiger partial charge on any atom is -0.325 e. The molecule has 0 aliphatic heterocycles. The molecule has 2 rings (SSSR count). The van der Waals surface area contributed by atoms with E-state index in [4.69, 9.17) is 5.26 Å². The van der Waals surface area contributed by atoms with Gasteiger partial charge in [0.2, 0.25) is 0 Å². The lowest BCUT2D eigenvalue weighted by Crippen LogP contribution is -2.15. The molecular formula is C15H11F3N2O. The van der Waals surface area contributed by atoms with Crippen molar-refractivity contribution < 1.29 is 13.2 Å². The molecule has 21 heavy (non-hydrogen) atoms. The van der Waals surface area contributed by atoms with E-state index in [2.05, 4.69) is 4.98 Å². The summed E-state index contributed by atoms with van der Waals surface area (Å²) < 4.78 is 37.4. The van der Waals surface area contributed by atoms with Gasteiger partial charge in [-0.2, -0.15) is 18.4 Å². The molecule has 0 atom stereocenters. The Morgan fingerprint density at radius 2 is 1.86 bits per heavy atom. The van der Waals surface area contributed by atoms with E-state index in [0.29, 0.717) is 22.4 Å². The fourth-order valence-electron chi connectivity index (χ4n) is 1.94. The first-order valence-electron chi connectivity index (χ1n) is 6.10. The maximum absolute atomic E-state index is 12.5. The molecule has 108 valence electrons. The van der Waals surface area contributed by atoms with Crippen molar-refractivity contribution in [3.05, 3.63) is 68.6 Å². The number of hydrogen-bond donors (Lipinski definition) is 1. The van der Waals surface area contributed by atoms with Gasteiger partial charge < -0.3 is 4.98 Å². The normalized spacial score (nSPS) is 11.2. The molecule has 0 radical (unpaired) electrons. The number of H-pyrrole nitrogens is 1. The molecule has 1 N–H and O–H groups in total. The van der Waals surface area contributed by atoms with Gasteiger partial charge in [0, 0.05) is 17.7 Å². The number of hydrogen-bond acceptors (Lipinski definition) is 2. The van der Waals surface area contributed by atoms with Crippen LogP contribution >= 0.6 is 0 Å². The predicted octanol–water partition coefficient (Wildman–Crippen LogP) is 3.16. The van der Waals surface area contributed by atoms with Crippen LogP contribution in [-0.4, -0.2) is 4.98 Å². The van der Waals surface area contributed by atoms with Crippen LogP contribution in [0, 0.1) is 18.3 Å². The van der Waals surface area contributed by atoms with E-state index in [1.165, 1.54) is 18.2 Å². The van der Waals surface area contributed by atoms with Crippen molar-refractivity contribution in [2.24, 2.45) is 0 Å². The van der Waals surface area contributed by atoms with E-state index < -0.39 is 11.7 Å². The van der Waals surface area contributed by atoms with E-state index in [-0.39, 0.29) is 12.0 Å². The Bertz CT molecular complexity index is 752. The minimum atomic E-state index is -4.38. The molecule has 0 aliphatic rings. The number of nitrogens with one attached hydrogen (secondary N) is 1. The van der Waals surface area contributed by atoms with Crippen molar-refractivity contribution in [1.29, 1.82) is 5.26 Å². The second-order valence-electron chi connectivity index (χ2n) is 4.65. The summed E-state index contributed by atoms with van der Waals surface area (Å²) >= 11 is 0. The second kappa shape index (κ2) is 5.44. The largest absolute Gasteiger partial charge is 0.416 e. The number of aromatic amines is 1. The zero-order valence-electron chi connectivity index (χ0n) is 11.1. The Kier molecular flexibility index (Phi) is 3.85. The smallest absolute Gasteiger partial charge is 0.325 e. The Hall–Kier alpha value is -2.55. The molecule has 0 bridgehead atoms. The highest BCUT2D eigenvalue weighted by atomic mass is 19.4. The van der Waals surface area contributed by atoms with Crippen LogP contribution in [0.5, 0.6) is 0 Å². The number of alkyl halides is 3. The van der Waals surface area contributed by atoms with Crippen molar-refractivity contribution >= 4 is 0 Å². The van der Waals surface area contributed by atoms with Crippen LogP contribution < -0.4 is 5.56 Å². The third-order valence-corrected chi connectivity index (χ3v) is 3.11. The first kappa shape index (κ1) is 14.9. The van der Waals surface area contributed by atoms with E-state index >= 15 is 0 Å². The summed E-state index contributed by atoms with van der Waals surface area (Å²) in [5, 5.41) is 8.93. The van der Waals surface area contributed by atoms with Crippen molar-refractivity contribution in [1.82, 2.24) is 4.98 Å². The molecular weight excluding hydrogens is 281 g/mol. The summed E-state index contributed by atoms with van der Waals surface area (Å²) in [5.41, 5.74) is 0.654. The van der Waals surface area contributed by atoms with Gasteiger partial charge in [0.1, 0.15) is 6.07 Å². The van der Waals surface area contributed by atoms with Gasteiger partial charge in [-0.25, -0.2) is 0 Å². The van der Waals surface area contributed by atoms with Crippen LogP contribution in [0.4, 0.5) is 13.2 Å². The maximum Gasteiger partial charge on any atom is 0.416 e. The van der Waals surface area contributed by atoms with Crippen LogP contribution in [0.25, 0.3) is 0 Å². The summed E-state index contributed by atoms with van der Waals surface area (Å²) in [7, 11) is 0. The van der Waals surface area contributed by atoms with Crippen LogP contribution in [0.3, 0.4) is 0 Å². The van der Waals surface area contributed by atoms with Crippen LogP contribution in [0.2, 0.25) is 0 Å². The molecule has 1 aromatic heterocycles. The molecule has 0 fully saturated rings. The van der Waals surface area contributed by atoms with Gasteiger partial charge in [0.25, 0.3) is 5.56 Å². The lowest BCUT2D eigenvalue weighted by molar-refractivity contribution is -0.137. The molecule has 1 aromatic carbocycles. The zero-order valence-corrected chi connectivity index (χ0v) is 11.1. The molecule has 0 saturated carbocycles. The van der Waals surface area contributed by atoms with E-state index in [0.717, 1.165) is 12.1 Å². The summed E-state index contributed by atoms with van der Waals surface area (Å²) in [5.74, 6) is 0. The van der Waals surface area contributed by atoms with Gasteiger partial charge in [-0.15, -0.1) is 0 Å². The average Bonchev–Trinajstić information content (AvgIpc) is 2.41. The Morgan fingerprint density at radius 1 is 1.24 bits per heavy atom. The number of rotatable bonds is 2. The highest BCUT2D eigenvalue weighted by molar-refractivity contribution is 5.37. The van der Waals surface area contributed by atoms with Gasteiger partial charge in [-0.1, -0.05) is 12.1 Å². The molecule has 0 amide bonds. The van der Waals surface area contributed by atoms with Crippen LogP contribution in [-0.2, 0) is 12.6 Å². The van der Waals surface area contributed by atoms with Crippen molar-refractivity contribution in [2.45, 2.75) is 19.5 Å². The Morgan fingerprint density at radius 3 is 2.38 bits per heavy atom. The van der Waals surface area contributed by atoms with Gasteiger partial charge >= 0.3 is 6.18 Å². The van der Waals surface area contributed by atoms with Crippen molar-refractivity contribution in [2.75, 3.05) is 0 Å². The molecule has 0 spiro atoms. The van der Waals surface area contributed by atoms with E-state index in [1.807, 2.05) is 6.07 Å². The third kappa shape index (κ3) is 3.31. The first-order chi connectivity index (χ1) is 9.81. The zero-order chi connectivity index (χ0) is 15.6. The molecule has 0 unspecified atom stereocenters. The highest BCUT2D eigenvalue weighted by Gasteiger charge is 2.29. The summed E-state index contributed by atoms with van der Waals surface area (Å²) in [4.78, 5) is 14.3. The van der Waals surface area contributed by atoms with Gasteiger partial charge in [0.15, 0.2) is 0 Å². The fraction of sp³-hybridized carbons (Fsp3) is 0.200. The topological polar surface area (TPSA) is 56.6 Å². The fourth-order valence-corrected chi connectivity index (χ4v) is 1.94. The molecule has 1 heterocycles. The molecule has 2 aromatic rings. The molecule has 0 saturated heterocycles. The molecule has 0 aliphatic carbocycles. The third-order valence-electron chi connectivity index (χ3n) is 3.11. The average molecular weight is 292 g/mol. The van der Waals surface area contributed by atoms with Crippen molar-refractivity contribution in [3.63, 3.8) is 0 Å². The van der Waals surface area contributed by atoms with Gasteiger partial charge in [-0.3, -0.25) is 4.79 Å². The van der Waals surface area contributed by atoms with E-state index in [1.54, 1.807) is 6.92 Å². The van der Waals surface area contributed by atoms with Gasteiger partial charge in [0.05, 0.1) is 11.1 Å². The number of benzene rings is 1. The Labute approximate surface area is 118 Å². The standard InChI is InChI=1S/C15H11F3N2O/c1-9-12(8-19)7-11(14(21)20-9)6-10-2-4-13(5-3-10)15(16,17)18/h2-5,7H,6H2,1H3,(H,20,21). The van der Waals surface area contributed by atoms with Crippen molar-refractivity contribution in [3.8, 4) is 6.07 Å². The first-order valence-corrected chi connectivity index (χ1v) is 6.10. The minimum absolute atomic E-state index is 0.169. The number of halogens is 3. The quantitative estimate of drug-likeness (QED) is 0.924. The highest BCUT2D eigenvalue weighted by Crippen LogP contribution is 2.29. The predicted molar refractivity (Wildman–Crippen MR) is 70.8 cm³/mol. The summed E-state index contributed by atoms with van der Waals surface area (Å²) in [6.07, 6.45) is -4.21. The van der Waals surface area contributed by atoms with Crippen LogP contribution in [0.15, 0.2) is 35.1 Å². The molecule has 6 heteroatoms. The second-order valence-corrected chi connectivity index (χ2v) is 4.65. The number of nitrogens with zero attached hydrogens (tertiary/aromatic N) is 1. The molecule has 3 nitrogen and oxygen atoms in total. The summed E-state index contributed by atoms with van der Waals surface area (Å²) in [6, 6.07) is 8.03. The number of nitriles is 1. The number of pyridine rings is 1. The number of aryl methyl sites for hydroxylation is 1. The maximum atomic E-state index is 12.5. The lowest BCUT2D eigenvalue weighted by atomic mass is 10.0. The van der Waals surface area contributed by atoms with Crippen LogP contribution in [0.1, 0.15) is 27.9 Å². The van der Waals surface area contributed by atoms with Gasteiger partial charge in [-0.05, 0) is 30.7 Å².